The molecule has 0 aliphatic heterocycles. The maximum absolute atomic E-state index is 4.88. The Morgan fingerprint density at radius 2 is 1.25 bits per heavy atom. The molecule has 4 heteroatoms. The summed E-state index contributed by atoms with van der Waals surface area (Å²) in [5, 5.41) is 0. The molecule has 0 nitrogen and oxygen atoms in total. The van der Waals surface area contributed by atoms with Gasteiger partial charge in [-0.15, -0.1) is 0 Å². The van der Waals surface area contributed by atoms with E-state index >= 15 is 0 Å². The van der Waals surface area contributed by atoms with Gasteiger partial charge in [0, 0.05) is 19.5 Å². The van der Waals surface area contributed by atoms with Gasteiger partial charge in [-0.3, -0.25) is 0 Å². The smallest absolute Gasteiger partial charge is 0 e. The van der Waals surface area contributed by atoms with Crippen LogP contribution < -0.4 is 0 Å². The summed E-state index contributed by atoms with van der Waals surface area (Å²) in [6, 6.07) is 0. The second-order valence-electron chi connectivity index (χ2n) is 0.0452. The Morgan fingerprint density at radius 3 is 1.25 bits per heavy atom. The first-order chi connectivity index (χ1) is 1.41. The van der Waals surface area contributed by atoms with Crippen LogP contribution in [-0.4, -0.2) is 0 Å². The molecule has 32 valence electrons. The summed E-state index contributed by atoms with van der Waals surface area (Å²) in [5.41, 5.74) is 0. The first kappa shape index (κ1) is 9.31. The molecule has 0 N–H and O–H groups in total. The van der Waals surface area contributed by atoms with E-state index in [1.807, 2.05) is 0 Å². The van der Waals surface area contributed by atoms with Crippen LogP contribution in [0, 0.1) is 0 Å². The zero-order valence-electron chi connectivity index (χ0n) is 1.43. The van der Waals surface area contributed by atoms with E-state index in [2.05, 4.69) is 0 Å². The largest absolute Gasteiger partial charge is 0 e. The Morgan fingerprint density at radius 1 is 1.25 bits per heavy atom. The molecule has 0 heterocycles. The van der Waals surface area contributed by atoms with E-state index in [1.165, 1.54) is 0 Å². The van der Waals surface area contributed by atoms with E-state index in [9.17, 15) is 0 Å². The van der Waals surface area contributed by atoms with Gasteiger partial charge in [0.15, 0.2) is 0 Å². The minimum Gasteiger partial charge on any atom is 0 e. The third-order valence-electron chi connectivity index (χ3n) is 0. The number of hydrogen-bond acceptors (Lipinski definition) is 0. The molecule has 0 unspecified atom stereocenters. The van der Waals surface area contributed by atoms with Crippen LogP contribution in [0.25, 0.3) is 0 Å². The predicted octanol–water partition coefficient (Wildman–Crippen LogP) is 1.37. The van der Waals surface area contributed by atoms with Crippen LogP contribution in [0.3, 0.4) is 0 Å². The summed E-state index contributed by atoms with van der Waals surface area (Å²) in [6.07, 6.45) is 0. The number of halogens is 2. The normalized spacial score (nSPS) is 5.50. The number of hydrogen-bond donors (Lipinski definition) is 0. The third-order valence-corrected chi connectivity index (χ3v) is 0. The van der Waals surface area contributed by atoms with Crippen molar-refractivity contribution in [2.75, 3.05) is 0 Å². The second-order valence-corrected chi connectivity index (χ2v) is 3.33. The van der Waals surface area contributed by atoms with Crippen LogP contribution in [0.4, 0.5) is 0 Å². The standard InChI is InChI=1S/2ClH.Pt.Ru/h2*1H;;/q;;+2;/p-2. The molecule has 0 amide bonds. The Hall–Kier alpha value is 1.89. The van der Waals surface area contributed by atoms with E-state index in [-0.39, 0.29) is 19.5 Å². The third kappa shape index (κ3) is 9.09. The van der Waals surface area contributed by atoms with Crippen LogP contribution in [0.15, 0.2) is 0 Å². The molecule has 0 bridgehead atoms. The van der Waals surface area contributed by atoms with Crippen LogP contribution in [-0.2, 0) is 36.0 Å². The molecule has 0 aromatic carbocycles. The topological polar surface area (TPSA) is 0 Å². The summed E-state index contributed by atoms with van der Waals surface area (Å²) < 4.78 is 0. The van der Waals surface area contributed by atoms with Crippen molar-refractivity contribution in [3.63, 3.8) is 0 Å². The van der Waals surface area contributed by atoms with Gasteiger partial charge in [-0.1, -0.05) is 0 Å². The van der Waals surface area contributed by atoms with E-state index in [1.54, 1.807) is 0 Å². The molecule has 0 aromatic rings. The van der Waals surface area contributed by atoms with Gasteiger partial charge in [0.25, 0.3) is 0 Å². The van der Waals surface area contributed by atoms with E-state index < -0.39 is 16.5 Å². The first-order valence-corrected chi connectivity index (χ1v) is 5.87. The van der Waals surface area contributed by atoms with Crippen LogP contribution in [0.1, 0.15) is 0 Å². The Labute approximate surface area is 54.4 Å². The van der Waals surface area contributed by atoms with Crippen molar-refractivity contribution in [2.45, 2.75) is 0 Å². The second kappa shape index (κ2) is 8.86. The molecule has 0 spiro atoms. The van der Waals surface area contributed by atoms with E-state index in [0.717, 1.165) is 0 Å². The fourth-order valence-electron chi connectivity index (χ4n) is 0. The Kier molecular flexibility index (Phi) is 20.6. The van der Waals surface area contributed by atoms with Gasteiger partial charge < -0.3 is 0 Å². The maximum atomic E-state index is 4.88. The minimum absolute atomic E-state index is 0. The molecule has 0 rings (SSSR count). The molecule has 0 radical (unpaired) electrons. The molecular weight excluding hydrogens is 367 g/mol. The van der Waals surface area contributed by atoms with Crippen molar-refractivity contribution in [3.8, 4) is 0 Å². The summed E-state index contributed by atoms with van der Waals surface area (Å²) >= 11 is -0.472. The number of rotatable bonds is 0. The summed E-state index contributed by atoms with van der Waals surface area (Å²) in [4.78, 5) is 0. The first-order valence-electron chi connectivity index (χ1n) is 0.239. The van der Waals surface area contributed by atoms with E-state index in [4.69, 9.17) is 18.8 Å². The average Bonchev–Trinajstić information content (AvgIpc) is 0.918. The zero-order valence-corrected chi connectivity index (χ0v) is 6.95. The summed E-state index contributed by atoms with van der Waals surface area (Å²) in [7, 11) is 9.75. The molecule has 0 saturated carbocycles. The SMILES string of the molecule is [Cl][Pt][Cl].[Ru]. The fraction of sp³-hybridized carbons (Fsp3) is 0. The van der Waals surface area contributed by atoms with Crippen molar-refractivity contribution in [2.24, 2.45) is 0 Å². The molecule has 4 heavy (non-hydrogen) atoms. The fourth-order valence-corrected chi connectivity index (χ4v) is 0. The van der Waals surface area contributed by atoms with Crippen molar-refractivity contribution >= 4 is 18.8 Å². The van der Waals surface area contributed by atoms with Gasteiger partial charge in [-0.25, -0.2) is 0 Å². The summed E-state index contributed by atoms with van der Waals surface area (Å²) in [5.74, 6) is 0. The Balaban J connectivity index is 0. The zero-order chi connectivity index (χ0) is 2.71. The monoisotopic (exact) mass is 367 g/mol. The molecule has 0 atom stereocenters. The molecule has 0 aliphatic rings. The van der Waals surface area contributed by atoms with Crippen LogP contribution in [0.5, 0.6) is 0 Å². The van der Waals surface area contributed by atoms with Gasteiger partial charge >= 0.3 is 35.3 Å². The van der Waals surface area contributed by atoms with Gasteiger partial charge in [-0.2, -0.15) is 0 Å². The predicted molar refractivity (Wildman–Crippen MR) is 11.7 cm³/mol. The Bertz CT molecular complexity index is 6.00. The van der Waals surface area contributed by atoms with Gasteiger partial charge in [0.05, 0.1) is 0 Å². The molecule has 0 aromatic heterocycles. The van der Waals surface area contributed by atoms with Crippen molar-refractivity contribution in [3.05, 3.63) is 0 Å². The molecule has 0 saturated heterocycles. The van der Waals surface area contributed by atoms with Crippen molar-refractivity contribution in [1.29, 1.82) is 0 Å². The molecule has 0 aliphatic carbocycles. The van der Waals surface area contributed by atoms with Gasteiger partial charge in [0.1, 0.15) is 0 Å². The minimum atomic E-state index is -0.472. The van der Waals surface area contributed by atoms with Gasteiger partial charge in [-0.05, 0) is 0 Å². The van der Waals surface area contributed by atoms with Crippen molar-refractivity contribution < 1.29 is 36.0 Å². The van der Waals surface area contributed by atoms with E-state index in [0.29, 0.717) is 0 Å². The molecular formula is Cl2PtRu. The quantitative estimate of drug-likeness (QED) is 0.568. The van der Waals surface area contributed by atoms with Crippen LogP contribution >= 0.6 is 18.8 Å². The van der Waals surface area contributed by atoms with Gasteiger partial charge in [0.2, 0.25) is 0 Å². The summed E-state index contributed by atoms with van der Waals surface area (Å²) in [6.45, 7) is 0. The van der Waals surface area contributed by atoms with Crippen molar-refractivity contribution in [1.82, 2.24) is 0 Å². The molecule has 0 fully saturated rings. The maximum Gasteiger partial charge on any atom is 0 e. The average molecular weight is 367 g/mol. The van der Waals surface area contributed by atoms with Crippen LogP contribution in [0.2, 0.25) is 0 Å².